The monoisotopic (exact) mass is 1980 g/mol. The fourth-order valence-corrected chi connectivity index (χ4v) is 20.4. The van der Waals surface area contributed by atoms with Crippen LogP contribution in [0.3, 0.4) is 0 Å². The summed E-state index contributed by atoms with van der Waals surface area (Å²) in [6.45, 7) is 17.0. The summed E-state index contributed by atoms with van der Waals surface area (Å²) in [7, 11) is 2.16. The molecule has 0 unspecified atom stereocenters. The summed E-state index contributed by atoms with van der Waals surface area (Å²) in [4.78, 5) is 73.5. The van der Waals surface area contributed by atoms with Gasteiger partial charge in [-0.3, -0.25) is 60.4 Å². The van der Waals surface area contributed by atoms with Gasteiger partial charge in [-0.2, -0.15) is 0 Å². The van der Waals surface area contributed by atoms with Crippen LogP contribution < -0.4 is 34.9 Å². The molecule has 3 aliphatic heterocycles. The van der Waals surface area contributed by atoms with Crippen molar-refractivity contribution in [3.05, 3.63) is 456 Å². The first-order valence-electron chi connectivity index (χ1n) is 50.4. The molecular weight excluding hydrogens is 1870 g/mol. The average molecular weight is 1980 g/mol. The highest BCUT2D eigenvalue weighted by Crippen LogP contribution is 2.53. The molecule has 0 atom stereocenters. The van der Waals surface area contributed by atoms with Crippen LogP contribution in [-0.2, 0) is 0 Å². The average Bonchev–Trinajstić information content (AvgIpc) is 1.62. The zero-order valence-electron chi connectivity index (χ0n) is 82.8. The lowest BCUT2D eigenvalue weighted by atomic mass is 10.0. The van der Waals surface area contributed by atoms with E-state index in [0.29, 0.717) is 38.9 Å². The molecule has 0 bridgehead atoms. The number of fused-ring (bicyclic) bond motifs is 15. The van der Waals surface area contributed by atoms with E-state index in [1.165, 1.54) is 19.3 Å². The second-order valence-corrected chi connectivity index (χ2v) is 37.2. The number of hydrogen-bond acceptors (Lipinski definition) is 22. The number of likely N-dealkylation sites (N-methyl/N-ethyl adjacent to an activating group) is 1. The number of piperidine rings is 1. The van der Waals surface area contributed by atoms with Gasteiger partial charge in [0.05, 0.1) is 31.2 Å². The Morgan fingerprint density at radius 2 is 0.604 bits per heavy atom. The van der Waals surface area contributed by atoms with E-state index >= 15 is 0 Å². The lowest BCUT2D eigenvalue weighted by molar-refractivity contribution is -0.385. The SMILES string of the molecule is CCCCOc1ccccc1C=C1c2ccccc2-c2ccc([N+](=O)[O-])cc21.CN1CCN(CCOc2ccccc2C=C2c3ccccc3-c3ccc([N+](=O)[O-])cc32)CC1.NCCOc1ncccc1C=C1c2ccccc2-c2ccc([N+](=O)[O-])cc21.O=[N+]([O-])c1ccc2c(c1)C(=Cc1ccccc1OCCN1CCCCC1)c1ccccc1-2.O=[N+]([O-])c1ccc2c(c1)C(=Cc1cccnc1N1CCNCC1)c1ccccc1-2. The van der Waals surface area contributed by atoms with Crippen LogP contribution in [0.4, 0.5) is 34.3 Å². The van der Waals surface area contributed by atoms with Crippen molar-refractivity contribution in [3.8, 4) is 78.8 Å². The molecular formula is C122H111N13O14. The third-order valence-electron chi connectivity index (χ3n) is 27.8. The van der Waals surface area contributed by atoms with Crippen molar-refractivity contribution in [2.24, 2.45) is 5.73 Å². The number of aromatic nitrogens is 2. The molecule has 27 nitrogen and oxygen atoms in total. The molecule has 0 amide bonds. The highest BCUT2D eigenvalue weighted by atomic mass is 16.6. The van der Waals surface area contributed by atoms with Crippen molar-refractivity contribution in [1.29, 1.82) is 0 Å². The quantitative estimate of drug-likeness (QED) is 0.0289. The highest BCUT2D eigenvalue weighted by molar-refractivity contribution is 6.12. The number of nitro benzene ring substituents is 5. The molecule has 8 aliphatic rings. The molecule has 0 saturated carbocycles. The van der Waals surface area contributed by atoms with Gasteiger partial charge in [0.15, 0.2) is 0 Å². The molecule has 5 heterocycles. The predicted octanol–water partition coefficient (Wildman–Crippen LogP) is 25.0. The van der Waals surface area contributed by atoms with Crippen molar-refractivity contribution < 1.29 is 43.6 Å². The molecule has 15 aromatic rings. The number of pyridine rings is 2. The number of non-ortho nitro benzene ring substituents is 5. The van der Waals surface area contributed by atoms with Gasteiger partial charge in [0, 0.05) is 173 Å². The molecule has 3 N–H and O–H groups in total. The number of nitrogens with one attached hydrogen (secondary N) is 1. The van der Waals surface area contributed by atoms with E-state index in [2.05, 4.69) is 128 Å². The maximum absolute atomic E-state index is 11.4. The fraction of sp³-hybridized carbons (Fsp3) is 0.197. The van der Waals surface area contributed by atoms with Gasteiger partial charge in [0.25, 0.3) is 28.4 Å². The van der Waals surface area contributed by atoms with Gasteiger partial charge in [-0.05, 0) is 282 Å². The summed E-state index contributed by atoms with van der Waals surface area (Å²) in [5.41, 5.74) is 36.0. The normalized spacial score (nSPS) is 15.5. The first-order chi connectivity index (χ1) is 72.9. The van der Waals surface area contributed by atoms with Crippen LogP contribution in [0.5, 0.6) is 23.1 Å². The molecule has 5 aliphatic carbocycles. The van der Waals surface area contributed by atoms with E-state index in [1.54, 1.807) is 66.9 Å². The van der Waals surface area contributed by atoms with Crippen LogP contribution in [0.1, 0.15) is 122 Å². The Hall–Kier alpha value is -17.3. The zero-order chi connectivity index (χ0) is 103. The molecule has 27 heteroatoms. The summed E-state index contributed by atoms with van der Waals surface area (Å²) in [5.74, 6) is 3.95. The van der Waals surface area contributed by atoms with Crippen molar-refractivity contribution in [1.82, 2.24) is 30.0 Å². The van der Waals surface area contributed by atoms with Crippen molar-refractivity contribution in [2.45, 2.75) is 39.0 Å². The summed E-state index contributed by atoms with van der Waals surface area (Å²) in [6, 6.07) is 97.6. The van der Waals surface area contributed by atoms with Gasteiger partial charge >= 0.3 is 0 Å². The Morgan fingerprint density at radius 1 is 0.309 bits per heavy atom. The number of piperazine rings is 2. The van der Waals surface area contributed by atoms with E-state index < -0.39 is 0 Å². The minimum absolute atomic E-state index is 0.0678. The molecule has 748 valence electrons. The molecule has 23 rings (SSSR count). The first-order valence-corrected chi connectivity index (χ1v) is 50.4. The van der Waals surface area contributed by atoms with Crippen LogP contribution >= 0.6 is 0 Å². The summed E-state index contributed by atoms with van der Waals surface area (Å²) >= 11 is 0. The maximum atomic E-state index is 11.4. The van der Waals surface area contributed by atoms with E-state index in [1.807, 2.05) is 206 Å². The van der Waals surface area contributed by atoms with Crippen molar-refractivity contribution in [2.75, 3.05) is 123 Å². The number of hydrogen-bond donors (Lipinski definition) is 2. The second-order valence-electron chi connectivity index (χ2n) is 37.2. The third-order valence-corrected chi connectivity index (χ3v) is 27.8. The lowest BCUT2D eigenvalue weighted by Crippen LogP contribution is -2.45. The fourth-order valence-electron chi connectivity index (χ4n) is 20.4. The molecule has 3 fully saturated rings. The van der Waals surface area contributed by atoms with Crippen LogP contribution in [0, 0.1) is 50.6 Å². The first kappa shape index (κ1) is 100. The largest absolute Gasteiger partial charge is 0.493 e. The predicted molar refractivity (Wildman–Crippen MR) is 591 cm³/mol. The van der Waals surface area contributed by atoms with Crippen LogP contribution in [0.15, 0.2) is 322 Å². The zero-order valence-corrected chi connectivity index (χ0v) is 82.8. The number of anilines is 1. The topological polar surface area (TPSA) is 329 Å². The number of unbranched alkanes of at least 4 members (excludes halogenated alkanes) is 1. The van der Waals surface area contributed by atoms with Gasteiger partial charge in [-0.15, -0.1) is 0 Å². The highest BCUT2D eigenvalue weighted by Gasteiger charge is 2.34. The van der Waals surface area contributed by atoms with Crippen molar-refractivity contribution >= 4 is 92.5 Å². The number of nitrogens with two attached hydrogens (primary N) is 1. The number of rotatable bonds is 26. The summed E-state index contributed by atoms with van der Waals surface area (Å²) in [6.07, 6.45) is 19.8. The minimum Gasteiger partial charge on any atom is -0.493 e. The van der Waals surface area contributed by atoms with Gasteiger partial charge < -0.3 is 39.8 Å². The minimum atomic E-state index is -0.374. The van der Waals surface area contributed by atoms with Crippen LogP contribution in [0.25, 0.3) is 114 Å². The van der Waals surface area contributed by atoms with Crippen LogP contribution in [0.2, 0.25) is 0 Å². The Balaban J connectivity index is 0.000000117. The van der Waals surface area contributed by atoms with E-state index in [-0.39, 0.29) is 53.1 Å². The molecule has 13 aromatic carbocycles. The molecule has 0 radical (unpaired) electrons. The van der Waals surface area contributed by atoms with Gasteiger partial charge in [0.2, 0.25) is 5.88 Å². The summed E-state index contributed by atoms with van der Waals surface area (Å²) < 4.78 is 24.0. The summed E-state index contributed by atoms with van der Waals surface area (Å²) in [5, 5.41) is 60.1. The maximum Gasteiger partial charge on any atom is 0.270 e. The van der Waals surface area contributed by atoms with Crippen molar-refractivity contribution in [3.63, 3.8) is 0 Å². The second kappa shape index (κ2) is 46.8. The number of nitrogens with zero attached hydrogens (tertiary/aromatic N) is 11. The number of para-hydroxylation sites is 3. The number of nitro groups is 5. The third kappa shape index (κ3) is 22.7. The standard InChI is InChI=1S/C27H27N3O3.C27H26N2O3.C24H21NO3.C23H20N4O2.C21H17N3O3/c1-28-12-14-29(15-13-28)16-17-33-27-9-5-2-6-20(27)18-25-23-8-4-3-7-22(23)24-11-10-21(30(31)32)19-26(24)25;30-29(31)21-12-13-24-22-9-3-4-10-23(22)25(26(24)19-21)18-20-8-2-5-11-27(20)32-17-16-28-14-6-1-7-15-28;1-2-3-14-28-24-11-7-4-8-17(24)15-22-20-10-6-5-9-19(20)21-13-12-18(25(26)27)16-23(21)22;28-27(29)17-7-8-20-18-5-1-2-6-19(18)21(22(20)15-17)14-16-4-3-9-25-23(16)26-12-10-24-11-13-26;22-9-11-27-21-14(4-3-10-23-21)12-19-17-6-2-1-5-16(17)18-8-7-15(24(25)26)13-20(18)19/h2-11,18-19H,12-17H2,1H3;2-5,8-13,18-19H,1,6-7,14-17H2;4-13,15-16H,2-3,14H2,1H3;1-9,14-15,24H,10-13H2;1-8,10,12-13H,9,11,22H2. The molecule has 3 saturated heterocycles. The van der Waals surface area contributed by atoms with Gasteiger partial charge in [0.1, 0.15) is 42.9 Å². The van der Waals surface area contributed by atoms with E-state index in [0.717, 1.165) is 281 Å². The Labute approximate surface area is 863 Å². The van der Waals surface area contributed by atoms with E-state index in [4.69, 9.17) is 24.7 Å². The molecule has 2 aromatic heterocycles. The number of likely N-dealkylation sites (tertiary alicyclic amines) is 1. The van der Waals surface area contributed by atoms with Crippen LogP contribution in [-0.4, -0.2) is 168 Å². The Kier molecular flexibility index (Phi) is 31.5. The Bertz CT molecular complexity index is 7750. The van der Waals surface area contributed by atoms with Gasteiger partial charge in [-0.1, -0.05) is 196 Å². The number of benzene rings is 13. The van der Waals surface area contributed by atoms with Gasteiger partial charge in [-0.25, -0.2) is 9.97 Å². The smallest absolute Gasteiger partial charge is 0.270 e. The lowest BCUT2D eigenvalue weighted by Gasteiger charge is -2.32. The van der Waals surface area contributed by atoms with E-state index in [9.17, 15) is 50.6 Å². The molecule has 0 spiro atoms. The number of ether oxygens (including phenoxy) is 4. The Morgan fingerprint density at radius 3 is 0.953 bits per heavy atom. The molecule has 149 heavy (non-hydrogen) atoms.